The van der Waals surface area contributed by atoms with Gasteiger partial charge in [0.1, 0.15) is 5.75 Å². The van der Waals surface area contributed by atoms with Gasteiger partial charge in [-0.25, -0.2) is 4.79 Å². The fourth-order valence-corrected chi connectivity index (χ4v) is 1.82. The predicted octanol–water partition coefficient (Wildman–Crippen LogP) is 1.00. The van der Waals surface area contributed by atoms with Crippen LogP contribution in [0.3, 0.4) is 0 Å². The quantitative estimate of drug-likeness (QED) is 0.752. The molecule has 0 bridgehead atoms. The summed E-state index contributed by atoms with van der Waals surface area (Å²) in [5, 5.41) is 27.8. The normalized spacial score (nSPS) is 14.9. The monoisotopic (exact) mass is 290 g/mol. The topological polar surface area (TPSA) is 96.2 Å². The smallest absolute Gasteiger partial charge is 0.337 e. The lowest BCUT2D eigenvalue weighted by atomic mass is 10.1. The molecule has 1 heterocycles. The van der Waals surface area contributed by atoms with E-state index in [1.807, 2.05) is 0 Å². The Morgan fingerprint density at radius 1 is 1.50 bits per heavy atom. The maximum absolute atomic E-state index is 10.7. The summed E-state index contributed by atoms with van der Waals surface area (Å²) in [5.74, 6) is -1.53. The first-order valence-electron chi connectivity index (χ1n) is 4.24. The van der Waals surface area contributed by atoms with Crippen molar-refractivity contribution in [1.29, 1.82) is 0 Å². The summed E-state index contributed by atoms with van der Waals surface area (Å²) in [4.78, 5) is 10.7. The molecule has 0 saturated carbocycles. The fourth-order valence-electron chi connectivity index (χ4n) is 1.40. The molecule has 1 unspecified atom stereocenters. The van der Waals surface area contributed by atoms with Crippen molar-refractivity contribution < 1.29 is 29.6 Å². The third-order valence-corrected chi connectivity index (χ3v) is 2.74. The number of aromatic hydroxyl groups is 1. The Hall–Kier alpha value is -1.47. The van der Waals surface area contributed by atoms with E-state index < -0.39 is 12.1 Å². The Balaban J connectivity index is 2.63. The van der Waals surface area contributed by atoms with E-state index in [0.29, 0.717) is 0 Å². The van der Waals surface area contributed by atoms with E-state index in [0.717, 1.165) is 0 Å². The Morgan fingerprint density at radius 3 is 2.81 bits per heavy atom. The first-order chi connectivity index (χ1) is 7.52. The average molecular weight is 291 g/mol. The molecule has 0 aliphatic carbocycles. The number of aliphatic carboxylic acids is 1. The minimum Gasteiger partial charge on any atom is -0.506 e. The number of carboxylic acids is 1. The van der Waals surface area contributed by atoms with Gasteiger partial charge in [0.05, 0.1) is 10.0 Å². The third kappa shape index (κ3) is 1.57. The van der Waals surface area contributed by atoms with Gasteiger partial charge in [0.25, 0.3) is 0 Å². The van der Waals surface area contributed by atoms with Crippen LogP contribution in [0.2, 0.25) is 0 Å². The van der Waals surface area contributed by atoms with Gasteiger partial charge >= 0.3 is 5.97 Å². The molecular weight excluding hydrogens is 284 g/mol. The predicted molar refractivity (Wildman–Crippen MR) is 54.5 cm³/mol. The van der Waals surface area contributed by atoms with E-state index >= 15 is 0 Å². The van der Waals surface area contributed by atoms with Gasteiger partial charge in [0.15, 0.2) is 17.6 Å². The second kappa shape index (κ2) is 3.84. The van der Waals surface area contributed by atoms with Gasteiger partial charge < -0.3 is 24.8 Å². The van der Waals surface area contributed by atoms with Crippen LogP contribution in [-0.4, -0.2) is 28.1 Å². The molecule has 0 saturated heterocycles. The summed E-state index contributed by atoms with van der Waals surface area (Å²) in [7, 11) is 0. The molecule has 0 aromatic heterocycles. The van der Waals surface area contributed by atoms with Crippen LogP contribution in [0, 0.1) is 0 Å². The number of carbonyl (C=O) groups is 1. The SMILES string of the molecule is O=C(O)C(O)c1c(O)c(Br)cc2c1OCO2. The molecule has 2 rings (SSSR count). The van der Waals surface area contributed by atoms with Gasteiger partial charge in [0, 0.05) is 6.07 Å². The molecule has 86 valence electrons. The maximum Gasteiger partial charge on any atom is 0.337 e. The van der Waals surface area contributed by atoms with Crippen molar-refractivity contribution in [2.75, 3.05) is 6.79 Å². The van der Waals surface area contributed by atoms with Crippen molar-refractivity contribution >= 4 is 21.9 Å². The number of aliphatic hydroxyl groups is 1. The first kappa shape index (κ1) is 11.0. The molecule has 0 radical (unpaired) electrons. The highest BCUT2D eigenvalue weighted by molar-refractivity contribution is 9.10. The maximum atomic E-state index is 10.7. The van der Waals surface area contributed by atoms with E-state index in [2.05, 4.69) is 15.9 Å². The lowest BCUT2D eigenvalue weighted by molar-refractivity contribution is -0.147. The number of phenols is 1. The Bertz CT molecular complexity index is 458. The number of carboxylic acid groups (broad SMARTS) is 1. The zero-order valence-corrected chi connectivity index (χ0v) is 9.39. The van der Waals surface area contributed by atoms with Crippen LogP contribution in [0.15, 0.2) is 10.5 Å². The largest absolute Gasteiger partial charge is 0.506 e. The van der Waals surface area contributed by atoms with Gasteiger partial charge in [0.2, 0.25) is 6.79 Å². The molecule has 3 N–H and O–H groups in total. The van der Waals surface area contributed by atoms with Crippen LogP contribution >= 0.6 is 15.9 Å². The van der Waals surface area contributed by atoms with Gasteiger partial charge in [-0.15, -0.1) is 0 Å². The van der Waals surface area contributed by atoms with Crippen molar-refractivity contribution in [3.63, 3.8) is 0 Å². The summed E-state index contributed by atoms with van der Waals surface area (Å²) >= 11 is 3.03. The summed E-state index contributed by atoms with van der Waals surface area (Å²) in [6.07, 6.45) is -1.87. The van der Waals surface area contributed by atoms with Crippen LogP contribution in [-0.2, 0) is 4.79 Å². The molecule has 1 aromatic rings. The molecule has 0 fully saturated rings. The molecule has 7 heteroatoms. The molecular formula is C9H7BrO6. The second-order valence-corrected chi connectivity index (χ2v) is 3.95. The molecule has 1 aliphatic heterocycles. The fraction of sp³-hybridized carbons (Fsp3) is 0.222. The lowest BCUT2D eigenvalue weighted by Gasteiger charge is -2.12. The number of hydrogen-bond donors (Lipinski definition) is 3. The van der Waals surface area contributed by atoms with Crippen LogP contribution in [0.1, 0.15) is 11.7 Å². The Labute approximate surface area is 98.2 Å². The number of halogens is 1. The Kier molecular flexibility index (Phi) is 2.64. The zero-order valence-electron chi connectivity index (χ0n) is 7.81. The van der Waals surface area contributed by atoms with Crippen molar-refractivity contribution in [1.82, 2.24) is 0 Å². The molecule has 1 aliphatic rings. The second-order valence-electron chi connectivity index (χ2n) is 3.10. The van der Waals surface area contributed by atoms with Crippen LogP contribution in [0.25, 0.3) is 0 Å². The van der Waals surface area contributed by atoms with E-state index in [4.69, 9.17) is 14.6 Å². The van der Waals surface area contributed by atoms with Crippen molar-refractivity contribution in [2.24, 2.45) is 0 Å². The molecule has 1 atom stereocenters. The summed E-state index contributed by atoms with van der Waals surface area (Å²) in [6, 6.07) is 1.44. The number of aliphatic hydroxyl groups excluding tert-OH is 1. The number of benzene rings is 1. The van der Waals surface area contributed by atoms with E-state index in [-0.39, 0.29) is 34.1 Å². The third-order valence-electron chi connectivity index (χ3n) is 2.13. The molecule has 0 spiro atoms. The highest BCUT2D eigenvalue weighted by Crippen LogP contribution is 2.47. The number of hydrogen-bond acceptors (Lipinski definition) is 5. The van der Waals surface area contributed by atoms with Crippen LogP contribution in [0.5, 0.6) is 17.2 Å². The molecule has 0 amide bonds. The number of fused-ring (bicyclic) bond motifs is 1. The Morgan fingerprint density at radius 2 is 2.19 bits per heavy atom. The minimum atomic E-state index is -1.87. The van der Waals surface area contributed by atoms with Gasteiger partial charge in [-0.1, -0.05) is 0 Å². The molecule has 16 heavy (non-hydrogen) atoms. The van der Waals surface area contributed by atoms with Gasteiger partial charge in [-0.2, -0.15) is 0 Å². The van der Waals surface area contributed by atoms with Crippen molar-refractivity contribution in [2.45, 2.75) is 6.10 Å². The van der Waals surface area contributed by atoms with Crippen molar-refractivity contribution in [3.05, 3.63) is 16.1 Å². The molecule has 1 aromatic carbocycles. The minimum absolute atomic E-state index is 0.0515. The van der Waals surface area contributed by atoms with Crippen molar-refractivity contribution in [3.8, 4) is 17.2 Å². The van der Waals surface area contributed by atoms with Gasteiger partial charge in [-0.3, -0.25) is 0 Å². The van der Waals surface area contributed by atoms with Gasteiger partial charge in [-0.05, 0) is 15.9 Å². The van der Waals surface area contributed by atoms with Crippen LogP contribution < -0.4 is 9.47 Å². The number of rotatable bonds is 2. The number of ether oxygens (including phenoxy) is 2. The van der Waals surface area contributed by atoms with E-state index in [1.54, 1.807) is 0 Å². The van der Waals surface area contributed by atoms with E-state index in [9.17, 15) is 15.0 Å². The standard InChI is InChI=1S/C9H7BrO6/c10-3-1-4-8(16-2-15-4)5(6(3)11)7(12)9(13)14/h1,7,11-12H,2H2,(H,13,14). The summed E-state index contributed by atoms with van der Waals surface area (Å²) < 4.78 is 10.3. The average Bonchev–Trinajstić information content (AvgIpc) is 2.66. The highest BCUT2D eigenvalue weighted by atomic mass is 79.9. The highest BCUT2D eigenvalue weighted by Gasteiger charge is 2.31. The molecule has 6 nitrogen and oxygen atoms in total. The first-order valence-corrected chi connectivity index (χ1v) is 5.03. The number of phenolic OH excluding ortho intramolecular Hbond substituents is 1. The zero-order chi connectivity index (χ0) is 11.9. The van der Waals surface area contributed by atoms with Crippen LogP contribution in [0.4, 0.5) is 0 Å². The summed E-state index contributed by atoms with van der Waals surface area (Å²) in [5.41, 5.74) is -0.214. The summed E-state index contributed by atoms with van der Waals surface area (Å²) in [6.45, 7) is -0.0788. The lowest BCUT2D eigenvalue weighted by Crippen LogP contribution is -2.11. The van der Waals surface area contributed by atoms with E-state index in [1.165, 1.54) is 6.07 Å².